The van der Waals surface area contributed by atoms with E-state index in [1.165, 1.54) is 6.07 Å². The summed E-state index contributed by atoms with van der Waals surface area (Å²) in [5.74, 6) is -0.198. The molecule has 2 aromatic carbocycles. The van der Waals surface area contributed by atoms with E-state index in [9.17, 15) is 12.8 Å². The number of rotatable bonds is 6. The van der Waals surface area contributed by atoms with E-state index < -0.39 is 20.7 Å². The van der Waals surface area contributed by atoms with Crippen LogP contribution in [0.5, 0.6) is 5.75 Å². The largest absolute Gasteiger partial charge is 0.496 e. The van der Waals surface area contributed by atoms with Crippen molar-refractivity contribution in [2.24, 2.45) is 0 Å². The zero-order valence-corrected chi connectivity index (χ0v) is 13.4. The molecule has 0 bridgehead atoms. The average Bonchev–Trinajstić information content (AvgIpc) is 2.47. The zero-order valence-electron chi connectivity index (χ0n) is 11.8. The third kappa shape index (κ3) is 3.97. The Hall–Kier alpha value is -1.63. The Labute approximate surface area is 133 Å². The highest BCUT2D eigenvalue weighted by atomic mass is 35.5. The maximum atomic E-state index is 13.7. The fourth-order valence-corrected chi connectivity index (χ4v) is 3.25. The molecular formula is C15H15ClFNO3S. The van der Waals surface area contributed by atoms with Crippen LogP contribution in [0.25, 0.3) is 0 Å². The first kappa shape index (κ1) is 16.7. The summed E-state index contributed by atoms with van der Waals surface area (Å²) in [4.78, 5) is -0.420. The number of nitrogens with one attached hydrogen (secondary N) is 1. The lowest BCUT2D eigenvalue weighted by Gasteiger charge is -2.10. The highest BCUT2D eigenvalue weighted by Gasteiger charge is 2.18. The molecule has 0 heterocycles. The van der Waals surface area contributed by atoms with Gasteiger partial charge < -0.3 is 4.74 Å². The lowest BCUT2D eigenvalue weighted by atomic mass is 10.1. The van der Waals surface area contributed by atoms with Crippen LogP contribution in [0.4, 0.5) is 4.39 Å². The number of benzene rings is 2. The lowest BCUT2D eigenvalue weighted by molar-refractivity contribution is 0.409. The minimum Gasteiger partial charge on any atom is -0.496 e. The SMILES string of the molecule is COc1ccccc1CCNS(=O)(=O)c1ccc(Cl)cc1F. The molecule has 1 N–H and O–H groups in total. The minimum absolute atomic E-state index is 0.130. The molecule has 118 valence electrons. The number of sulfonamides is 1. The zero-order chi connectivity index (χ0) is 16.2. The van der Waals surface area contributed by atoms with Crippen LogP contribution in [0.1, 0.15) is 5.56 Å². The lowest BCUT2D eigenvalue weighted by Crippen LogP contribution is -2.26. The van der Waals surface area contributed by atoms with Crippen LogP contribution in [0.3, 0.4) is 0 Å². The summed E-state index contributed by atoms with van der Waals surface area (Å²) >= 11 is 5.62. The first-order valence-corrected chi connectivity index (χ1v) is 8.37. The Balaban J connectivity index is 2.07. The van der Waals surface area contributed by atoms with Crippen molar-refractivity contribution in [3.63, 3.8) is 0 Å². The molecule has 4 nitrogen and oxygen atoms in total. The van der Waals surface area contributed by atoms with Crippen LogP contribution < -0.4 is 9.46 Å². The number of halogens is 2. The highest BCUT2D eigenvalue weighted by molar-refractivity contribution is 7.89. The number of ether oxygens (including phenoxy) is 1. The second-order valence-electron chi connectivity index (χ2n) is 4.53. The van der Waals surface area contributed by atoms with Crippen molar-refractivity contribution >= 4 is 21.6 Å². The first-order chi connectivity index (χ1) is 10.4. The molecule has 0 spiro atoms. The van der Waals surface area contributed by atoms with Gasteiger partial charge in [-0.2, -0.15) is 0 Å². The van der Waals surface area contributed by atoms with Crippen LogP contribution in [-0.2, 0) is 16.4 Å². The Morgan fingerprint density at radius 1 is 1.23 bits per heavy atom. The fraction of sp³-hybridized carbons (Fsp3) is 0.200. The fourth-order valence-electron chi connectivity index (χ4n) is 2.00. The number of hydrogen-bond donors (Lipinski definition) is 1. The first-order valence-electron chi connectivity index (χ1n) is 6.50. The van der Waals surface area contributed by atoms with Crippen molar-refractivity contribution in [2.75, 3.05) is 13.7 Å². The van der Waals surface area contributed by atoms with E-state index in [4.69, 9.17) is 16.3 Å². The second-order valence-corrected chi connectivity index (χ2v) is 6.71. The van der Waals surface area contributed by atoms with Gasteiger partial charge in [-0.25, -0.2) is 17.5 Å². The van der Waals surface area contributed by atoms with Gasteiger partial charge in [-0.3, -0.25) is 0 Å². The van der Waals surface area contributed by atoms with Crippen molar-refractivity contribution in [1.82, 2.24) is 4.72 Å². The van der Waals surface area contributed by atoms with E-state index in [1.807, 2.05) is 18.2 Å². The Kier molecular flexibility index (Phi) is 5.39. The van der Waals surface area contributed by atoms with Gasteiger partial charge in [0.2, 0.25) is 10.0 Å². The summed E-state index contributed by atoms with van der Waals surface area (Å²) < 4.78 is 45.4. The number of hydrogen-bond acceptors (Lipinski definition) is 3. The molecule has 0 saturated carbocycles. The number of methoxy groups -OCH3 is 1. The van der Waals surface area contributed by atoms with Gasteiger partial charge in [0.15, 0.2) is 0 Å². The molecule has 2 aromatic rings. The molecule has 0 fully saturated rings. The van der Waals surface area contributed by atoms with E-state index in [-0.39, 0.29) is 11.6 Å². The molecule has 22 heavy (non-hydrogen) atoms. The van der Waals surface area contributed by atoms with E-state index in [1.54, 1.807) is 13.2 Å². The van der Waals surface area contributed by atoms with Crippen molar-refractivity contribution in [3.05, 3.63) is 58.9 Å². The summed E-state index contributed by atoms with van der Waals surface area (Å²) in [6, 6.07) is 10.7. The second kappa shape index (κ2) is 7.09. The Morgan fingerprint density at radius 3 is 2.64 bits per heavy atom. The van der Waals surface area contributed by atoms with Crippen molar-refractivity contribution < 1.29 is 17.5 Å². The van der Waals surface area contributed by atoms with Crippen molar-refractivity contribution in [1.29, 1.82) is 0 Å². The molecule has 0 aliphatic heterocycles. The van der Waals surface area contributed by atoms with E-state index in [0.717, 1.165) is 17.7 Å². The average molecular weight is 344 g/mol. The van der Waals surface area contributed by atoms with Crippen LogP contribution in [0.15, 0.2) is 47.4 Å². The van der Waals surface area contributed by atoms with Crippen molar-refractivity contribution in [3.8, 4) is 5.75 Å². The van der Waals surface area contributed by atoms with Gasteiger partial charge in [0.05, 0.1) is 7.11 Å². The standard InChI is InChI=1S/C15H15ClFNO3S/c1-21-14-5-3-2-4-11(14)8-9-18-22(19,20)15-7-6-12(16)10-13(15)17/h2-7,10,18H,8-9H2,1H3. The van der Waals surface area contributed by atoms with Crippen LogP contribution >= 0.6 is 11.6 Å². The van der Waals surface area contributed by atoms with Gasteiger partial charge in [-0.1, -0.05) is 29.8 Å². The summed E-state index contributed by atoms with van der Waals surface area (Å²) in [5.41, 5.74) is 0.865. The molecule has 0 radical (unpaired) electrons. The van der Waals surface area contributed by atoms with Crippen LogP contribution in [-0.4, -0.2) is 22.1 Å². The van der Waals surface area contributed by atoms with Gasteiger partial charge in [-0.05, 0) is 36.2 Å². The number of para-hydroxylation sites is 1. The van der Waals surface area contributed by atoms with Crippen molar-refractivity contribution in [2.45, 2.75) is 11.3 Å². The maximum Gasteiger partial charge on any atom is 0.243 e. The summed E-state index contributed by atoms with van der Waals surface area (Å²) in [7, 11) is -2.37. The van der Waals surface area contributed by atoms with E-state index in [0.29, 0.717) is 12.2 Å². The quantitative estimate of drug-likeness (QED) is 0.877. The Morgan fingerprint density at radius 2 is 1.95 bits per heavy atom. The smallest absolute Gasteiger partial charge is 0.243 e. The molecule has 0 aromatic heterocycles. The topological polar surface area (TPSA) is 55.4 Å². The molecule has 0 unspecified atom stereocenters. The van der Waals surface area contributed by atoms with Gasteiger partial charge in [0.1, 0.15) is 16.5 Å². The third-order valence-electron chi connectivity index (χ3n) is 3.06. The molecular weight excluding hydrogens is 329 g/mol. The van der Waals surface area contributed by atoms with Gasteiger partial charge >= 0.3 is 0 Å². The molecule has 2 rings (SSSR count). The van der Waals surface area contributed by atoms with E-state index in [2.05, 4.69) is 4.72 Å². The molecule has 0 atom stereocenters. The predicted molar refractivity (Wildman–Crippen MR) is 83.3 cm³/mol. The molecule has 0 amide bonds. The normalized spacial score (nSPS) is 11.4. The highest BCUT2D eigenvalue weighted by Crippen LogP contribution is 2.20. The summed E-state index contributed by atoms with van der Waals surface area (Å²) in [6.07, 6.45) is 0.429. The molecule has 0 aliphatic carbocycles. The van der Waals surface area contributed by atoms with Crippen LogP contribution in [0.2, 0.25) is 5.02 Å². The molecule has 7 heteroatoms. The van der Waals surface area contributed by atoms with Gasteiger partial charge in [0, 0.05) is 11.6 Å². The molecule has 0 saturated heterocycles. The van der Waals surface area contributed by atoms with E-state index >= 15 is 0 Å². The molecule has 0 aliphatic rings. The minimum atomic E-state index is -3.92. The monoisotopic (exact) mass is 343 g/mol. The van der Waals surface area contributed by atoms with Gasteiger partial charge in [0.25, 0.3) is 0 Å². The summed E-state index contributed by atoms with van der Waals surface area (Å²) in [5, 5.41) is 0.144. The van der Waals surface area contributed by atoms with Gasteiger partial charge in [-0.15, -0.1) is 0 Å². The predicted octanol–water partition coefficient (Wildman–Crippen LogP) is 3.01. The van der Waals surface area contributed by atoms with Crippen LogP contribution in [0, 0.1) is 5.82 Å². The summed E-state index contributed by atoms with van der Waals surface area (Å²) in [6.45, 7) is 0.130. The maximum absolute atomic E-state index is 13.7. The third-order valence-corrected chi connectivity index (χ3v) is 4.79. The Bertz CT molecular complexity index is 765.